The summed E-state index contributed by atoms with van der Waals surface area (Å²) >= 11 is 0. The minimum Gasteiger partial charge on any atom is -0.373 e. The lowest BCUT2D eigenvalue weighted by molar-refractivity contribution is 0.586. The Morgan fingerprint density at radius 3 is 2.56 bits per heavy atom. The second-order valence-electron chi connectivity index (χ2n) is 3.69. The van der Waals surface area contributed by atoms with E-state index in [0.29, 0.717) is 31.1 Å². The van der Waals surface area contributed by atoms with E-state index in [2.05, 4.69) is 25.3 Å². The quantitative estimate of drug-likeness (QED) is 0.492. The summed E-state index contributed by atoms with van der Waals surface area (Å²) in [5.74, 6) is 1.41. The fraction of sp³-hybridized carbons (Fsp3) is 0.556. The molecule has 0 aliphatic heterocycles. The van der Waals surface area contributed by atoms with E-state index < -0.39 is 10.0 Å². The Labute approximate surface area is 106 Å². The van der Waals surface area contributed by atoms with E-state index in [9.17, 15) is 8.42 Å². The Kier molecular flexibility index (Phi) is 5.10. The molecule has 0 fully saturated rings. The van der Waals surface area contributed by atoms with Crippen molar-refractivity contribution in [1.29, 1.82) is 0 Å². The van der Waals surface area contributed by atoms with Crippen molar-refractivity contribution in [3.8, 4) is 0 Å². The summed E-state index contributed by atoms with van der Waals surface area (Å²) in [6.45, 7) is 0.966. The van der Waals surface area contributed by atoms with E-state index in [0.717, 1.165) is 6.26 Å². The van der Waals surface area contributed by atoms with Gasteiger partial charge in [-0.05, 0) is 6.42 Å². The third-order valence-corrected chi connectivity index (χ3v) is 2.75. The van der Waals surface area contributed by atoms with E-state index >= 15 is 0 Å². The van der Waals surface area contributed by atoms with Crippen LogP contribution in [0.2, 0.25) is 0 Å². The van der Waals surface area contributed by atoms with E-state index in [1.807, 2.05) is 0 Å². The lowest BCUT2D eigenvalue weighted by Crippen LogP contribution is -2.24. The molecule has 1 aromatic heterocycles. The number of hydrogen-bond acceptors (Lipinski definition) is 7. The van der Waals surface area contributed by atoms with E-state index in [1.54, 1.807) is 13.1 Å². The predicted octanol–water partition coefficient (Wildman–Crippen LogP) is -0.548. The molecule has 1 rings (SSSR count). The van der Waals surface area contributed by atoms with Crippen LogP contribution in [0.25, 0.3) is 0 Å². The number of anilines is 3. The highest BCUT2D eigenvalue weighted by atomic mass is 32.2. The van der Waals surface area contributed by atoms with Gasteiger partial charge in [0.2, 0.25) is 16.0 Å². The number of nitrogens with one attached hydrogen (secondary N) is 3. The third kappa shape index (κ3) is 5.64. The molecule has 102 valence electrons. The lowest BCUT2D eigenvalue weighted by Gasteiger charge is -2.08. The first kappa shape index (κ1) is 14.5. The second-order valence-corrected chi connectivity index (χ2v) is 5.53. The molecular formula is C9H18N6O2S. The summed E-state index contributed by atoms with van der Waals surface area (Å²) in [5.41, 5.74) is 5.53. The topological polar surface area (TPSA) is 122 Å². The van der Waals surface area contributed by atoms with Gasteiger partial charge in [0.15, 0.2) is 0 Å². The fourth-order valence-corrected chi connectivity index (χ4v) is 1.76. The molecule has 0 spiro atoms. The molecule has 8 nitrogen and oxygen atoms in total. The van der Waals surface area contributed by atoms with Gasteiger partial charge in [0.05, 0.1) is 6.26 Å². The van der Waals surface area contributed by atoms with Crippen LogP contribution in [0.15, 0.2) is 6.07 Å². The molecule has 5 N–H and O–H groups in total. The van der Waals surface area contributed by atoms with Gasteiger partial charge in [-0.2, -0.15) is 9.97 Å². The predicted molar refractivity (Wildman–Crippen MR) is 71.9 cm³/mol. The molecule has 0 saturated heterocycles. The molecule has 0 aromatic carbocycles. The van der Waals surface area contributed by atoms with E-state index in [1.165, 1.54) is 0 Å². The Bertz CT molecular complexity index is 490. The van der Waals surface area contributed by atoms with Crippen LogP contribution in [0.5, 0.6) is 0 Å². The van der Waals surface area contributed by atoms with Gasteiger partial charge < -0.3 is 16.4 Å². The van der Waals surface area contributed by atoms with Crippen LogP contribution in [0, 0.1) is 0 Å². The first-order chi connectivity index (χ1) is 8.40. The molecule has 0 aliphatic carbocycles. The van der Waals surface area contributed by atoms with Crippen molar-refractivity contribution < 1.29 is 8.42 Å². The maximum Gasteiger partial charge on any atom is 0.223 e. The summed E-state index contributed by atoms with van der Waals surface area (Å²) in [6, 6.07) is 1.72. The van der Waals surface area contributed by atoms with Gasteiger partial charge in [-0.15, -0.1) is 0 Å². The number of hydrogen-bond donors (Lipinski definition) is 4. The molecular weight excluding hydrogens is 256 g/mol. The largest absolute Gasteiger partial charge is 0.373 e. The van der Waals surface area contributed by atoms with Crippen LogP contribution in [0.1, 0.15) is 6.42 Å². The summed E-state index contributed by atoms with van der Waals surface area (Å²) in [6.07, 6.45) is 1.77. The normalized spacial score (nSPS) is 11.2. The molecule has 0 atom stereocenters. The average molecular weight is 274 g/mol. The van der Waals surface area contributed by atoms with Crippen LogP contribution < -0.4 is 21.1 Å². The van der Waals surface area contributed by atoms with Crippen molar-refractivity contribution in [3.05, 3.63) is 6.07 Å². The standard InChI is InChI=1S/C9H18N6O2S/c1-11-7-6-8(15-9(10)14-7)12-4-3-5-13-18(2,16)17/h6,13H,3-5H2,1-2H3,(H4,10,11,12,14,15). The SMILES string of the molecule is CNc1cc(NCCCNS(C)(=O)=O)nc(N)n1. The Balaban J connectivity index is 2.37. The first-order valence-electron chi connectivity index (χ1n) is 5.41. The molecule has 0 aliphatic rings. The van der Waals surface area contributed by atoms with Crippen LogP contribution in [0.3, 0.4) is 0 Å². The van der Waals surface area contributed by atoms with Crippen molar-refractivity contribution in [2.24, 2.45) is 0 Å². The highest BCUT2D eigenvalue weighted by Gasteiger charge is 2.01. The van der Waals surface area contributed by atoms with Crippen molar-refractivity contribution in [2.45, 2.75) is 6.42 Å². The molecule has 0 radical (unpaired) electrons. The number of nitrogens with two attached hydrogens (primary N) is 1. The van der Waals surface area contributed by atoms with Gasteiger partial charge >= 0.3 is 0 Å². The van der Waals surface area contributed by atoms with Gasteiger partial charge in [-0.1, -0.05) is 0 Å². The summed E-state index contributed by atoms with van der Waals surface area (Å²) in [7, 11) is -1.38. The van der Waals surface area contributed by atoms with Crippen molar-refractivity contribution >= 4 is 27.6 Å². The van der Waals surface area contributed by atoms with Crippen molar-refractivity contribution in [3.63, 3.8) is 0 Å². The van der Waals surface area contributed by atoms with Gasteiger partial charge in [-0.3, -0.25) is 0 Å². The molecule has 1 aromatic rings. The Morgan fingerprint density at radius 1 is 1.28 bits per heavy atom. The number of aromatic nitrogens is 2. The van der Waals surface area contributed by atoms with Crippen LogP contribution in [0.4, 0.5) is 17.6 Å². The Hall–Kier alpha value is -1.61. The van der Waals surface area contributed by atoms with Crippen molar-refractivity contribution in [1.82, 2.24) is 14.7 Å². The molecule has 0 amide bonds. The van der Waals surface area contributed by atoms with Gasteiger partial charge in [-0.25, -0.2) is 13.1 Å². The third-order valence-electron chi connectivity index (χ3n) is 2.02. The lowest BCUT2D eigenvalue weighted by atomic mass is 10.4. The zero-order valence-electron chi connectivity index (χ0n) is 10.4. The summed E-state index contributed by atoms with van der Waals surface area (Å²) in [5, 5.41) is 5.91. The van der Waals surface area contributed by atoms with Crippen LogP contribution in [-0.2, 0) is 10.0 Å². The van der Waals surface area contributed by atoms with E-state index in [4.69, 9.17) is 5.73 Å². The minimum absolute atomic E-state index is 0.179. The van der Waals surface area contributed by atoms with Gasteiger partial charge in [0.1, 0.15) is 11.6 Å². The highest BCUT2D eigenvalue weighted by molar-refractivity contribution is 7.88. The second kappa shape index (κ2) is 6.36. The van der Waals surface area contributed by atoms with Crippen molar-refractivity contribution in [2.75, 3.05) is 42.8 Å². The number of nitrogens with zero attached hydrogens (tertiary/aromatic N) is 2. The smallest absolute Gasteiger partial charge is 0.223 e. The monoisotopic (exact) mass is 274 g/mol. The minimum atomic E-state index is -3.12. The number of nitrogen functional groups attached to an aromatic ring is 1. The highest BCUT2D eigenvalue weighted by Crippen LogP contribution is 2.11. The number of sulfonamides is 1. The summed E-state index contributed by atoms with van der Waals surface area (Å²) in [4.78, 5) is 7.96. The molecule has 1 heterocycles. The average Bonchev–Trinajstić information content (AvgIpc) is 2.26. The maximum absolute atomic E-state index is 10.8. The zero-order chi connectivity index (χ0) is 13.6. The molecule has 18 heavy (non-hydrogen) atoms. The Morgan fingerprint density at radius 2 is 1.94 bits per heavy atom. The van der Waals surface area contributed by atoms with Gasteiger partial charge in [0, 0.05) is 26.2 Å². The zero-order valence-corrected chi connectivity index (χ0v) is 11.2. The first-order valence-corrected chi connectivity index (χ1v) is 7.30. The van der Waals surface area contributed by atoms with Gasteiger partial charge in [0.25, 0.3) is 0 Å². The fourth-order valence-electron chi connectivity index (χ4n) is 1.25. The van der Waals surface area contributed by atoms with Crippen LogP contribution in [-0.4, -0.2) is 44.8 Å². The molecule has 0 bridgehead atoms. The number of rotatable bonds is 7. The van der Waals surface area contributed by atoms with Crippen LogP contribution >= 0.6 is 0 Å². The van der Waals surface area contributed by atoms with E-state index in [-0.39, 0.29) is 5.95 Å². The maximum atomic E-state index is 10.8. The molecule has 0 saturated carbocycles. The molecule has 0 unspecified atom stereocenters. The molecule has 9 heteroatoms. The summed E-state index contributed by atoms with van der Waals surface area (Å²) < 4.78 is 24.0.